The van der Waals surface area contributed by atoms with Crippen molar-refractivity contribution in [2.75, 3.05) is 18.6 Å². The van der Waals surface area contributed by atoms with Gasteiger partial charge in [0, 0.05) is 11.3 Å². The number of benzene rings is 3. The van der Waals surface area contributed by atoms with Crippen LogP contribution in [0.15, 0.2) is 82.7 Å². The summed E-state index contributed by atoms with van der Waals surface area (Å²) in [5.74, 6) is -1.04. The molecule has 11 heteroatoms. The molecule has 3 aromatic carbocycles. The largest absolute Gasteiger partial charge is 0.507 e. The number of aliphatic hydroxyl groups excluding tert-OH is 1. The summed E-state index contributed by atoms with van der Waals surface area (Å²) in [6, 6.07) is 19.2. The summed E-state index contributed by atoms with van der Waals surface area (Å²) in [6.45, 7) is 2.64. The minimum atomic E-state index is -1.01. The van der Waals surface area contributed by atoms with Crippen molar-refractivity contribution in [2.24, 2.45) is 0 Å². The van der Waals surface area contributed by atoms with E-state index in [1.165, 1.54) is 29.8 Å². The van der Waals surface area contributed by atoms with Gasteiger partial charge in [0.25, 0.3) is 5.78 Å². The molecule has 1 aliphatic heterocycles. The summed E-state index contributed by atoms with van der Waals surface area (Å²) >= 11 is 2.38. The maximum absolute atomic E-state index is 14.1. The van der Waals surface area contributed by atoms with Crippen LogP contribution in [0.2, 0.25) is 0 Å². The fourth-order valence-electron chi connectivity index (χ4n) is 4.72. The lowest BCUT2D eigenvalue weighted by atomic mass is 9.95. The van der Waals surface area contributed by atoms with E-state index in [0.717, 1.165) is 30.6 Å². The lowest BCUT2D eigenvalue weighted by molar-refractivity contribution is -0.132. The Bertz CT molecular complexity index is 1640. The van der Waals surface area contributed by atoms with Crippen molar-refractivity contribution in [3.63, 3.8) is 0 Å². The Hall–Kier alpha value is -4.22. The molecule has 0 bridgehead atoms. The summed E-state index contributed by atoms with van der Waals surface area (Å²) in [6.07, 6.45) is 3.00. The number of thioether (sulfide) groups is 1. The number of aromatic nitrogens is 2. The summed E-state index contributed by atoms with van der Waals surface area (Å²) in [5.41, 5.74) is 1.35. The van der Waals surface area contributed by atoms with Gasteiger partial charge in [0.1, 0.15) is 11.6 Å². The van der Waals surface area contributed by atoms with Gasteiger partial charge in [-0.2, -0.15) is 0 Å². The molecular weight excluding hydrogens is 590 g/mol. The van der Waals surface area contributed by atoms with Crippen LogP contribution in [0.3, 0.4) is 0 Å². The average molecular weight is 620 g/mol. The maximum atomic E-state index is 14.1. The summed E-state index contributed by atoms with van der Waals surface area (Å²) in [5, 5.41) is 19.9. The first-order valence-corrected chi connectivity index (χ1v) is 15.6. The van der Waals surface area contributed by atoms with Crippen LogP contribution in [0.4, 0.5) is 9.52 Å². The lowest BCUT2D eigenvalue weighted by Gasteiger charge is -2.23. The first-order chi connectivity index (χ1) is 20.9. The molecule has 8 nitrogen and oxygen atoms in total. The molecule has 0 saturated carbocycles. The third-order valence-corrected chi connectivity index (χ3v) is 9.02. The topological polar surface area (TPSA) is 102 Å². The number of ketones is 1. The highest BCUT2D eigenvalue weighted by Crippen LogP contribution is 2.45. The number of unbranched alkanes of at least 4 members (excludes halogenated alkanes) is 2. The van der Waals surface area contributed by atoms with E-state index in [1.807, 2.05) is 0 Å². The second-order valence-electron chi connectivity index (χ2n) is 9.73. The molecule has 5 rings (SSSR count). The Labute approximate surface area is 257 Å². The second kappa shape index (κ2) is 13.8. The molecule has 4 aromatic rings. The number of ether oxygens (including phenoxy) is 2. The molecule has 1 atom stereocenters. The van der Waals surface area contributed by atoms with Crippen LogP contribution in [0.1, 0.15) is 48.9 Å². The molecule has 1 aromatic heterocycles. The highest BCUT2D eigenvalue weighted by Gasteiger charge is 2.48. The van der Waals surface area contributed by atoms with Crippen molar-refractivity contribution < 1.29 is 28.6 Å². The van der Waals surface area contributed by atoms with Gasteiger partial charge in [-0.3, -0.25) is 14.5 Å². The van der Waals surface area contributed by atoms with Gasteiger partial charge in [-0.05, 0) is 35.7 Å². The smallest absolute Gasteiger partial charge is 0.301 e. The van der Waals surface area contributed by atoms with Crippen LogP contribution in [0, 0.1) is 5.82 Å². The zero-order valence-corrected chi connectivity index (χ0v) is 25.3. The van der Waals surface area contributed by atoms with Crippen LogP contribution < -0.4 is 14.4 Å². The number of methoxy groups -OCH3 is 1. The molecule has 1 N–H and O–H groups in total. The number of rotatable bonds is 12. The number of hydrogen-bond donors (Lipinski definition) is 1. The molecule has 0 spiro atoms. The van der Waals surface area contributed by atoms with Crippen LogP contribution in [0.5, 0.6) is 11.5 Å². The van der Waals surface area contributed by atoms with Crippen molar-refractivity contribution in [1.29, 1.82) is 0 Å². The number of halogens is 1. The van der Waals surface area contributed by atoms with E-state index in [1.54, 1.807) is 66.7 Å². The van der Waals surface area contributed by atoms with Gasteiger partial charge in [0.15, 0.2) is 15.8 Å². The number of carbonyl (C=O) groups excluding carboxylic acids is 2. The van der Waals surface area contributed by atoms with Crippen LogP contribution in [-0.2, 0) is 15.3 Å². The number of amides is 1. The Balaban J connectivity index is 1.53. The standard InChI is InChI=1S/C32H30FN3O5S2/c1-3-4-10-17-41-24-16-15-21(18-25(24)40-2)27-26(28(37)20-11-6-5-7-12-20)29(38)30(39)36(27)31-34-35-32(43-31)42-19-22-13-8-9-14-23(22)33/h5-9,11-16,18,27,37H,3-4,10,17,19H2,1-2H3/b28-26-. The second-order valence-corrected chi connectivity index (χ2v) is 11.9. The first kappa shape index (κ1) is 30.2. The number of hydrogen-bond acceptors (Lipinski definition) is 9. The molecule has 2 heterocycles. The van der Waals surface area contributed by atoms with Gasteiger partial charge in [0.05, 0.1) is 25.3 Å². The molecule has 1 aliphatic rings. The van der Waals surface area contributed by atoms with E-state index in [2.05, 4.69) is 17.1 Å². The summed E-state index contributed by atoms with van der Waals surface area (Å²) in [7, 11) is 1.52. The van der Waals surface area contributed by atoms with Crippen molar-refractivity contribution in [1.82, 2.24) is 10.2 Å². The Kier molecular flexibility index (Phi) is 9.73. The molecule has 1 fully saturated rings. The lowest BCUT2D eigenvalue weighted by Crippen LogP contribution is -2.29. The molecule has 1 saturated heterocycles. The molecule has 1 amide bonds. The maximum Gasteiger partial charge on any atom is 0.301 e. The average Bonchev–Trinajstić information content (AvgIpc) is 3.60. The molecule has 222 valence electrons. The third kappa shape index (κ3) is 6.57. The molecule has 0 aliphatic carbocycles. The van der Waals surface area contributed by atoms with Gasteiger partial charge in [-0.15, -0.1) is 10.2 Å². The molecule has 43 heavy (non-hydrogen) atoms. The normalized spacial score (nSPS) is 16.1. The van der Waals surface area contributed by atoms with Crippen LogP contribution in [0.25, 0.3) is 5.76 Å². The quantitative estimate of drug-likeness (QED) is 0.0445. The van der Waals surface area contributed by atoms with E-state index in [-0.39, 0.29) is 22.3 Å². The number of anilines is 1. The fourth-order valence-corrected chi connectivity index (χ4v) is 6.57. The van der Waals surface area contributed by atoms with Gasteiger partial charge >= 0.3 is 5.91 Å². The molecule has 1 unspecified atom stereocenters. The minimum Gasteiger partial charge on any atom is -0.507 e. The number of carbonyl (C=O) groups is 2. The highest BCUT2D eigenvalue weighted by molar-refractivity contribution is 8.00. The fraction of sp³-hybridized carbons (Fsp3) is 0.250. The zero-order valence-electron chi connectivity index (χ0n) is 23.7. The van der Waals surface area contributed by atoms with Gasteiger partial charge in [0.2, 0.25) is 5.13 Å². The van der Waals surface area contributed by atoms with E-state index in [0.29, 0.717) is 44.9 Å². The van der Waals surface area contributed by atoms with E-state index < -0.39 is 17.7 Å². The van der Waals surface area contributed by atoms with E-state index in [4.69, 9.17) is 9.47 Å². The van der Waals surface area contributed by atoms with Crippen LogP contribution >= 0.6 is 23.1 Å². The summed E-state index contributed by atoms with van der Waals surface area (Å²) in [4.78, 5) is 28.3. The molecule has 0 radical (unpaired) electrons. The Morgan fingerprint density at radius 1 is 1.02 bits per heavy atom. The van der Waals surface area contributed by atoms with Gasteiger partial charge < -0.3 is 14.6 Å². The SMILES string of the molecule is CCCCCOc1ccc(C2/C(=C(/O)c3ccccc3)C(=O)C(=O)N2c2nnc(SCc3ccccc3F)s2)cc1OC. The minimum absolute atomic E-state index is 0.0781. The van der Waals surface area contributed by atoms with Crippen molar-refractivity contribution in [2.45, 2.75) is 42.3 Å². The third-order valence-electron chi connectivity index (χ3n) is 6.91. The molecular formula is C32H30FN3O5S2. The zero-order chi connectivity index (χ0) is 30.3. The predicted molar refractivity (Wildman–Crippen MR) is 165 cm³/mol. The van der Waals surface area contributed by atoms with E-state index in [9.17, 15) is 19.1 Å². The number of aliphatic hydroxyl groups is 1. The van der Waals surface area contributed by atoms with Gasteiger partial charge in [-0.25, -0.2) is 4.39 Å². The number of nitrogens with zero attached hydrogens (tertiary/aromatic N) is 3. The summed E-state index contributed by atoms with van der Waals surface area (Å²) < 4.78 is 26.2. The number of Topliss-reactive ketones (excluding diaryl/α,β-unsaturated/α-hetero) is 1. The Morgan fingerprint density at radius 3 is 2.53 bits per heavy atom. The monoisotopic (exact) mass is 619 g/mol. The van der Waals surface area contributed by atoms with E-state index >= 15 is 0 Å². The highest BCUT2D eigenvalue weighted by atomic mass is 32.2. The van der Waals surface area contributed by atoms with Crippen molar-refractivity contribution >= 4 is 45.7 Å². The van der Waals surface area contributed by atoms with Gasteiger partial charge in [-0.1, -0.05) is 97.5 Å². The van der Waals surface area contributed by atoms with Crippen molar-refractivity contribution in [3.8, 4) is 11.5 Å². The Morgan fingerprint density at radius 2 is 1.79 bits per heavy atom. The van der Waals surface area contributed by atoms with Crippen molar-refractivity contribution in [3.05, 3.63) is 101 Å². The first-order valence-electron chi connectivity index (χ1n) is 13.8. The predicted octanol–water partition coefficient (Wildman–Crippen LogP) is 7.17. The van der Waals surface area contributed by atoms with Crippen LogP contribution in [-0.4, -0.2) is 40.7 Å².